The lowest BCUT2D eigenvalue weighted by Crippen LogP contribution is -2.03. The van der Waals surface area contributed by atoms with E-state index in [-0.39, 0.29) is 5.82 Å². The van der Waals surface area contributed by atoms with Crippen molar-refractivity contribution in [1.29, 1.82) is 0 Å². The Bertz CT molecular complexity index is 355. The van der Waals surface area contributed by atoms with Gasteiger partial charge in [-0.3, -0.25) is 0 Å². The predicted molar refractivity (Wildman–Crippen MR) is 51.1 cm³/mol. The number of rotatable bonds is 4. The van der Waals surface area contributed by atoms with Crippen molar-refractivity contribution < 1.29 is 4.92 Å². The molecule has 2 rings (SSSR count). The van der Waals surface area contributed by atoms with Crippen LogP contribution in [0, 0.1) is 10.1 Å². The molecule has 5 heteroatoms. The molecule has 0 unspecified atom stereocenters. The topological polar surface area (TPSA) is 61.0 Å². The van der Waals surface area contributed by atoms with E-state index < -0.39 is 4.92 Å². The van der Waals surface area contributed by atoms with Crippen molar-refractivity contribution in [2.45, 2.75) is 38.6 Å². The molecular formula is C9H13N3O2. The van der Waals surface area contributed by atoms with Crippen molar-refractivity contribution in [3.05, 3.63) is 21.9 Å². The molecule has 0 amide bonds. The molecule has 1 aromatic rings. The van der Waals surface area contributed by atoms with Gasteiger partial charge in [-0.05, 0) is 24.2 Å². The molecule has 1 aliphatic carbocycles. The van der Waals surface area contributed by atoms with Gasteiger partial charge in [0.1, 0.15) is 0 Å². The molecule has 5 nitrogen and oxygen atoms in total. The molecule has 0 N–H and O–H groups in total. The molecule has 14 heavy (non-hydrogen) atoms. The normalized spacial score (nSPS) is 15.8. The predicted octanol–water partition coefficient (Wildman–Crippen LogP) is 2.08. The highest BCUT2D eigenvalue weighted by Gasteiger charge is 2.31. The second-order valence-corrected chi connectivity index (χ2v) is 3.68. The van der Waals surface area contributed by atoms with Crippen molar-refractivity contribution in [1.82, 2.24) is 9.78 Å². The van der Waals surface area contributed by atoms with Gasteiger partial charge >= 0.3 is 5.82 Å². The minimum atomic E-state index is -0.419. The lowest BCUT2D eigenvalue weighted by atomic mass is 10.3. The molecule has 0 atom stereocenters. The fourth-order valence-electron chi connectivity index (χ4n) is 1.60. The lowest BCUT2D eigenvalue weighted by Gasteiger charge is -1.97. The first kappa shape index (κ1) is 9.18. The van der Waals surface area contributed by atoms with Crippen LogP contribution >= 0.6 is 0 Å². The van der Waals surface area contributed by atoms with E-state index in [9.17, 15) is 10.1 Å². The summed E-state index contributed by atoms with van der Waals surface area (Å²) < 4.78 is 1.79. The average molecular weight is 195 g/mol. The summed E-state index contributed by atoms with van der Waals surface area (Å²) in [5.41, 5.74) is 1.04. The zero-order valence-corrected chi connectivity index (χ0v) is 8.14. The molecule has 0 aromatic carbocycles. The number of aromatic nitrogens is 2. The standard InChI is InChI=1S/C9H13N3O2/c1-2-5-11-8(7-3-4-7)6-9(10-11)12(13)14/h6-7H,2-5H2,1H3. The van der Waals surface area contributed by atoms with Crippen LogP contribution in [0.1, 0.15) is 37.8 Å². The molecule has 0 saturated heterocycles. The van der Waals surface area contributed by atoms with Crippen LogP contribution < -0.4 is 0 Å². The maximum absolute atomic E-state index is 10.5. The molecular weight excluding hydrogens is 182 g/mol. The lowest BCUT2D eigenvalue weighted by molar-refractivity contribution is -0.389. The quantitative estimate of drug-likeness (QED) is 0.545. The average Bonchev–Trinajstić information content (AvgIpc) is 2.89. The Morgan fingerprint density at radius 3 is 2.93 bits per heavy atom. The smallest absolute Gasteiger partial charge is 0.358 e. The van der Waals surface area contributed by atoms with Gasteiger partial charge < -0.3 is 10.1 Å². The number of nitrogens with zero attached hydrogens (tertiary/aromatic N) is 3. The van der Waals surface area contributed by atoms with E-state index in [0.29, 0.717) is 5.92 Å². The van der Waals surface area contributed by atoms with E-state index in [4.69, 9.17) is 0 Å². The third kappa shape index (κ3) is 1.62. The zero-order chi connectivity index (χ0) is 10.1. The van der Waals surface area contributed by atoms with Gasteiger partial charge in [0, 0.05) is 5.92 Å². The number of hydrogen-bond acceptors (Lipinski definition) is 3. The van der Waals surface area contributed by atoms with Crippen LogP contribution in [0.2, 0.25) is 0 Å². The van der Waals surface area contributed by atoms with Crippen molar-refractivity contribution in [3.8, 4) is 0 Å². The third-order valence-electron chi connectivity index (χ3n) is 2.42. The highest BCUT2D eigenvalue weighted by Crippen LogP contribution is 2.41. The van der Waals surface area contributed by atoms with E-state index in [2.05, 4.69) is 5.10 Å². The Labute approximate surface area is 81.9 Å². The maximum atomic E-state index is 10.5. The monoisotopic (exact) mass is 195 g/mol. The number of nitro groups is 1. The van der Waals surface area contributed by atoms with Crippen molar-refractivity contribution >= 4 is 5.82 Å². The molecule has 1 fully saturated rings. The minimum Gasteiger partial charge on any atom is -0.358 e. The number of aryl methyl sites for hydroxylation is 1. The molecule has 1 heterocycles. The Hall–Kier alpha value is -1.39. The fourth-order valence-corrected chi connectivity index (χ4v) is 1.60. The largest absolute Gasteiger partial charge is 0.390 e. The summed E-state index contributed by atoms with van der Waals surface area (Å²) in [7, 11) is 0. The molecule has 0 aliphatic heterocycles. The van der Waals surface area contributed by atoms with Crippen LogP contribution in [0.25, 0.3) is 0 Å². The molecule has 0 radical (unpaired) electrons. The SMILES string of the molecule is CCCn1nc([N+](=O)[O-])cc1C1CC1. The van der Waals surface area contributed by atoms with Crippen molar-refractivity contribution in [2.24, 2.45) is 0 Å². The summed E-state index contributed by atoms with van der Waals surface area (Å²) in [6, 6.07) is 1.62. The molecule has 0 spiro atoms. The van der Waals surface area contributed by atoms with Crippen molar-refractivity contribution in [3.63, 3.8) is 0 Å². The third-order valence-corrected chi connectivity index (χ3v) is 2.42. The molecule has 0 bridgehead atoms. The molecule has 1 aromatic heterocycles. The highest BCUT2D eigenvalue weighted by atomic mass is 16.6. The maximum Gasteiger partial charge on any atom is 0.390 e. The Morgan fingerprint density at radius 2 is 2.43 bits per heavy atom. The minimum absolute atomic E-state index is 0.0136. The summed E-state index contributed by atoms with van der Waals surface area (Å²) in [5.74, 6) is 0.503. The fraction of sp³-hybridized carbons (Fsp3) is 0.667. The first-order valence-corrected chi connectivity index (χ1v) is 4.94. The van der Waals surface area contributed by atoms with Gasteiger partial charge in [0.2, 0.25) is 0 Å². The van der Waals surface area contributed by atoms with E-state index >= 15 is 0 Å². The molecule has 76 valence electrons. The van der Waals surface area contributed by atoms with Crippen LogP contribution in [0.5, 0.6) is 0 Å². The van der Waals surface area contributed by atoms with E-state index in [0.717, 1.165) is 31.5 Å². The summed E-state index contributed by atoms with van der Waals surface area (Å²) in [5, 5.41) is 14.5. The van der Waals surface area contributed by atoms with Crippen LogP contribution in [0.15, 0.2) is 6.07 Å². The Morgan fingerprint density at radius 1 is 1.71 bits per heavy atom. The van der Waals surface area contributed by atoms with Gasteiger partial charge in [-0.2, -0.15) is 4.68 Å². The van der Waals surface area contributed by atoms with Gasteiger partial charge in [0.25, 0.3) is 0 Å². The summed E-state index contributed by atoms with van der Waals surface area (Å²) in [6.45, 7) is 2.82. The second kappa shape index (κ2) is 3.40. The van der Waals surface area contributed by atoms with Gasteiger partial charge in [-0.25, -0.2) is 0 Å². The van der Waals surface area contributed by atoms with E-state index in [1.165, 1.54) is 0 Å². The van der Waals surface area contributed by atoms with E-state index in [1.54, 1.807) is 10.7 Å². The summed E-state index contributed by atoms with van der Waals surface area (Å²) >= 11 is 0. The van der Waals surface area contributed by atoms with Crippen molar-refractivity contribution in [2.75, 3.05) is 0 Å². The first-order valence-electron chi connectivity index (χ1n) is 4.94. The van der Waals surface area contributed by atoms with Gasteiger partial charge in [-0.15, -0.1) is 0 Å². The van der Waals surface area contributed by atoms with Crippen LogP contribution in [0.3, 0.4) is 0 Å². The Balaban J connectivity index is 2.30. The highest BCUT2D eigenvalue weighted by molar-refractivity contribution is 5.27. The molecule has 1 aliphatic rings. The van der Waals surface area contributed by atoms with E-state index in [1.807, 2.05) is 6.92 Å². The van der Waals surface area contributed by atoms with Crippen LogP contribution in [0.4, 0.5) is 5.82 Å². The summed E-state index contributed by atoms with van der Waals surface area (Å²) in [4.78, 5) is 10.1. The van der Waals surface area contributed by atoms with Gasteiger partial charge in [-0.1, -0.05) is 6.92 Å². The van der Waals surface area contributed by atoms with Crippen LogP contribution in [-0.4, -0.2) is 14.7 Å². The first-order chi connectivity index (χ1) is 6.72. The zero-order valence-electron chi connectivity index (χ0n) is 8.14. The summed E-state index contributed by atoms with van der Waals surface area (Å²) in [6.07, 6.45) is 3.25. The van der Waals surface area contributed by atoms with Crippen LogP contribution in [-0.2, 0) is 6.54 Å². The van der Waals surface area contributed by atoms with Gasteiger partial charge in [0.05, 0.1) is 23.4 Å². The number of hydrogen-bond donors (Lipinski definition) is 0. The Kier molecular flexibility index (Phi) is 2.23. The molecule has 1 saturated carbocycles. The second-order valence-electron chi connectivity index (χ2n) is 3.68. The van der Waals surface area contributed by atoms with Gasteiger partial charge in [0.15, 0.2) is 0 Å².